The molecule has 0 bridgehead atoms. The van der Waals surface area contributed by atoms with Crippen molar-refractivity contribution in [3.8, 4) is 5.75 Å². The van der Waals surface area contributed by atoms with Gasteiger partial charge in [0.05, 0.1) is 5.69 Å². The Hall–Kier alpha value is -3.12. The van der Waals surface area contributed by atoms with E-state index in [0.29, 0.717) is 23.5 Å². The van der Waals surface area contributed by atoms with Crippen molar-refractivity contribution in [2.24, 2.45) is 0 Å². The quantitative estimate of drug-likeness (QED) is 0.547. The number of benzene rings is 2. The zero-order valence-corrected chi connectivity index (χ0v) is 17.7. The van der Waals surface area contributed by atoms with E-state index in [4.69, 9.17) is 4.74 Å². The van der Waals surface area contributed by atoms with Crippen LogP contribution in [0, 0.1) is 0 Å². The molecule has 0 atom stereocenters. The minimum Gasteiger partial charge on any atom is -0.449 e. The maximum absolute atomic E-state index is 12.5. The van der Waals surface area contributed by atoms with Crippen molar-refractivity contribution in [1.29, 1.82) is 0 Å². The zero-order chi connectivity index (χ0) is 21.5. The molecule has 1 saturated heterocycles. The van der Waals surface area contributed by atoms with Gasteiger partial charge < -0.3 is 20.3 Å². The maximum atomic E-state index is 12.5. The number of hydrogen-bond acceptors (Lipinski definition) is 4. The largest absolute Gasteiger partial charge is 0.449 e. The molecule has 162 valence electrons. The lowest BCUT2D eigenvalue weighted by atomic mass is 10.1. The molecular weight excluding hydrogens is 390 g/mol. The van der Waals surface area contributed by atoms with Crippen LogP contribution in [0.15, 0.2) is 54.3 Å². The summed E-state index contributed by atoms with van der Waals surface area (Å²) in [5, 5.41) is 5.81. The molecule has 4 rings (SSSR count). The van der Waals surface area contributed by atoms with E-state index in [1.807, 2.05) is 30.3 Å². The van der Waals surface area contributed by atoms with E-state index in [2.05, 4.69) is 15.5 Å². The van der Waals surface area contributed by atoms with Crippen LogP contribution in [0.3, 0.4) is 0 Å². The summed E-state index contributed by atoms with van der Waals surface area (Å²) in [6, 6.07) is 14.6. The molecule has 0 spiro atoms. The first-order valence-corrected chi connectivity index (χ1v) is 11.1. The Morgan fingerprint density at radius 2 is 1.84 bits per heavy atom. The number of anilines is 1. The zero-order valence-electron chi connectivity index (χ0n) is 17.7. The number of rotatable bonds is 6. The van der Waals surface area contributed by atoms with Crippen LogP contribution in [0.5, 0.6) is 5.75 Å². The number of fused-ring (bicyclic) bond motifs is 1. The number of hydrogen-bond donors (Lipinski definition) is 2. The van der Waals surface area contributed by atoms with Gasteiger partial charge in [0, 0.05) is 12.1 Å². The van der Waals surface area contributed by atoms with Crippen molar-refractivity contribution in [3.63, 3.8) is 0 Å². The second-order valence-corrected chi connectivity index (χ2v) is 8.05. The smallest absolute Gasteiger partial charge is 0.291 e. The van der Waals surface area contributed by atoms with Crippen molar-refractivity contribution in [2.45, 2.75) is 32.1 Å². The topological polar surface area (TPSA) is 70.7 Å². The number of ether oxygens (including phenoxy) is 1. The first kappa shape index (κ1) is 21.1. The predicted molar refractivity (Wildman–Crippen MR) is 122 cm³/mol. The summed E-state index contributed by atoms with van der Waals surface area (Å²) >= 11 is 0. The molecule has 2 N–H and O–H groups in total. The van der Waals surface area contributed by atoms with Crippen LogP contribution < -0.4 is 15.4 Å². The van der Waals surface area contributed by atoms with Gasteiger partial charge in [-0.05, 0) is 68.7 Å². The van der Waals surface area contributed by atoms with Crippen molar-refractivity contribution < 1.29 is 14.3 Å². The minimum absolute atomic E-state index is 0.140. The fraction of sp³-hybridized carbons (Fsp3) is 0.360. The van der Waals surface area contributed by atoms with Crippen LogP contribution in [0.1, 0.15) is 48.0 Å². The average molecular weight is 420 g/mol. The van der Waals surface area contributed by atoms with Gasteiger partial charge in [-0.2, -0.15) is 0 Å². The third-order valence-corrected chi connectivity index (χ3v) is 5.67. The molecular formula is C25H29N3O3. The first-order valence-electron chi connectivity index (χ1n) is 11.1. The summed E-state index contributed by atoms with van der Waals surface area (Å²) in [4.78, 5) is 27.4. The number of carbonyl (C=O) groups is 2. The fourth-order valence-corrected chi connectivity index (χ4v) is 3.97. The highest BCUT2D eigenvalue weighted by Gasteiger charge is 2.23. The monoisotopic (exact) mass is 419 g/mol. The fourth-order valence-electron chi connectivity index (χ4n) is 3.97. The lowest BCUT2D eigenvalue weighted by Gasteiger charge is -2.21. The van der Waals surface area contributed by atoms with Crippen LogP contribution in [0.25, 0.3) is 6.08 Å². The molecule has 2 aliphatic heterocycles. The highest BCUT2D eigenvalue weighted by atomic mass is 16.5. The van der Waals surface area contributed by atoms with Crippen LogP contribution in [0.4, 0.5) is 5.69 Å². The van der Waals surface area contributed by atoms with Gasteiger partial charge in [-0.15, -0.1) is 0 Å². The summed E-state index contributed by atoms with van der Waals surface area (Å²) in [7, 11) is 0. The van der Waals surface area contributed by atoms with Gasteiger partial charge in [0.15, 0.2) is 11.5 Å². The summed E-state index contributed by atoms with van der Waals surface area (Å²) < 4.78 is 5.77. The van der Waals surface area contributed by atoms with E-state index in [9.17, 15) is 9.59 Å². The van der Waals surface area contributed by atoms with Crippen molar-refractivity contribution in [1.82, 2.24) is 10.2 Å². The van der Waals surface area contributed by atoms with Gasteiger partial charge in [-0.3, -0.25) is 9.59 Å². The average Bonchev–Trinajstić information content (AvgIpc) is 3.06. The molecule has 6 heteroatoms. The van der Waals surface area contributed by atoms with Gasteiger partial charge in [-0.1, -0.05) is 43.2 Å². The van der Waals surface area contributed by atoms with Crippen LogP contribution in [-0.2, 0) is 4.79 Å². The molecule has 2 amide bonds. The Balaban J connectivity index is 1.32. The van der Waals surface area contributed by atoms with Gasteiger partial charge in [0.2, 0.25) is 0 Å². The number of nitrogens with zero attached hydrogens (tertiary/aromatic N) is 1. The third kappa shape index (κ3) is 5.73. The Morgan fingerprint density at radius 3 is 2.61 bits per heavy atom. The Kier molecular flexibility index (Phi) is 6.99. The summed E-state index contributed by atoms with van der Waals surface area (Å²) in [6.07, 6.45) is 7.84. The van der Waals surface area contributed by atoms with E-state index in [1.54, 1.807) is 24.3 Å². The number of carbonyl (C=O) groups excluding carboxylic acids is 2. The number of nitrogens with one attached hydrogen (secondary N) is 2. The number of amides is 2. The molecule has 2 heterocycles. The van der Waals surface area contributed by atoms with Crippen LogP contribution in [0.2, 0.25) is 0 Å². The van der Waals surface area contributed by atoms with Gasteiger partial charge in [-0.25, -0.2) is 0 Å². The summed E-state index contributed by atoms with van der Waals surface area (Å²) in [5.74, 6) is 0.286. The maximum Gasteiger partial charge on any atom is 0.291 e. The third-order valence-electron chi connectivity index (χ3n) is 5.67. The van der Waals surface area contributed by atoms with Crippen LogP contribution >= 0.6 is 0 Å². The molecule has 0 aliphatic carbocycles. The van der Waals surface area contributed by atoms with Gasteiger partial charge in [0.1, 0.15) is 0 Å². The normalized spacial score (nSPS) is 17.9. The lowest BCUT2D eigenvalue weighted by molar-refractivity contribution is -0.115. The van der Waals surface area contributed by atoms with Crippen molar-refractivity contribution in [3.05, 3.63) is 65.4 Å². The Labute approximate surface area is 183 Å². The highest BCUT2D eigenvalue weighted by Crippen LogP contribution is 2.32. The molecule has 0 aromatic heterocycles. The molecule has 31 heavy (non-hydrogen) atoms. The van der Waals surface area contributed by atoms with E-state index < -0.39 is 0 Å². The van der Waals surface area contributed by atoms with Crippen molar-refractivity contribution in [2.75, 3.05) is 31.5 Å². The van der Waals surface area contributed by atoms with Gasteiger partial charge >= 0.3 is 0 Å². The van der Waals surface area contributed by atoms with Gasteiger partial charge in [0.25, 0.3) is 11.8 Å². The Bertz CT molecular complexity index is 948. The molecule has 0 unspecified atom stereocenters. The standard InChI is InChI=1S/C25H29N3O3/c29-24(26-13-8-16-28-14-6-1-2-7-15-28)20-11-12-22-21(18-20)27-25(30)23(31-22)17-19-9-4-3-5-10-19/h3-5,9-12,17-18H,1-2,6-8,13-16H2,(H,26,29)(H,27,30). The molecule has 2 aliphatic rings. The van der Waals surface area contributed by atoms with E-state index in [-0.39, 0.29) is 17.6 Å². The van der Waals surface area contributed by atoms with Crippen molar-refractivity contribution >= 4 is 23.6 Å². The minimum atomic E-state index is -0.327. The molecule has 0 radical (unpaired) electrons. The molecule has 1 fully saturated rings. The van der Waals surface area contributed by atoms with Crippen LogP contribution in [-0.4, -0.2) is 42.9 Å². The summed E-state index contributed by atoms with van der Waals surface area (Å²) in [6.45, 7) is 3.99. The molecule has 0 saturated carbocycles. The second kappa shape index (κ2) is 10.3. The lowest BCUT2D eigenvalue weighted by Crippen LogP contribution is -2.30. The highest BCUT2D eigenvalue weighted by molar-refractivity contribution is 6.09. The Morgan fingerprint density at radius 1 is 1.06 bits per heavy atom. The molecule has 2 aromatic rings. The molecule has 2 aromatic carbocycles. The number of likely N-dealkylation sites (tertiary alicyclic amines) is 1. The molecule has 6 nitrogen and oxygen atoms in total. The summed E-state index contributed by atoms with van der Waals surface area (Å²) in [5.41, 5.74) is 1.90. The van der Waals surface area contributed by atoms with E-state index in [0.717, 1.165) is 18.5 Å². The van der Waals surface area contributed by atoms with E-state index >= 15 is 0 Å². The first-order chi connectivity index (χ1) is 15.2. The SMILES string of the molecule is O=C1Nc2cc(C(=O)NCCCN3CCCCCC3)ccc2OC1=Cc1ccccc1. The second-order valence-electron chi connectivity index (χ2n) is 8.05. The van der Waals surface area contributed by atoms with E-state index in [1.165, 1.54) is 38.8 Å². The predicted octanol–water partition coefficient (Wildman–Crippen LogP) is 4.05.